The van der Waals surface area contributed by atoms with Gasteiger partial charge in [-0.2, -0.15) is 0 Å². The number of carbonyl (C=O) groups is 1. The van der Waals surface area contributed by atoms with E-state index >= 15 is 0 Å². The number of hydrogen-bond acceptors (Lipinski definition) is 4. The number of esters is 1. The molecule has 0 aromatic rings. The molecular formula is C15H28IN3O3. The summed E-state index contributed by atoms with van der Waals surface area (Å²) in [5.41, 5.74) is 0.160. The van der Waals surface area contributed by atoms with E-state index in [-0.39, 0.29) is 47.2 Å². The lowest BCUT2D eigenvalue weighted by atomic mass is 9.89. The Hall–Kier alpha value is -0.570. The summed E-state index contributed by atoms with van der Waals surface area (Å²) in [4.78, 5) is 18.7. The van der Waals surface area contributed by atoms with Crippen LogP contribution < -0.4 is 5.32 Å². The van der Waals surface area contributed by atoms with Gasteiger partial charge in [0, 0.05) is 25.0 Å². The Morgan fingerprint density at radius 3 is 2.64 bits per heavy atom. The number of nitrogens with one attached hydrogen (secondary N) is 1. The summed E-state index contributed by atoms with van der Waals surface area (Å²) in [6.07, 6.45) is 0. The summed E-state index contributed by atoms with van der Waals surface area (Å²) < 4.78 is 10.2. The van der Waals surface area contributed by atoms with Crippen LogP contribution in [-0.4, -0.2) is 63.3 Å². The number of ether oxygens (including phenoxy) is 2. The van der Waals surface area contributed by atoms with Crippen molar-refractivity contribution in [1.82, 2.24) is 10.2 Å². The second kappa shape index (κ2) is 8.33. The van der Waals surface area contributed by atoms with Crippen LogP contribution in [0.4, 0.5) is 0 Å². The standard InChI is InChI=1S/C15H27N3O3.HI/c1-5-16-14(17-8-15(3)9-21-10-15)18-6-11(2)12(7-18)13(19)20-4;/h11-12H,5-10H2,1-4H3,(H,16,17);1H. The minimum Gasteiger partial charge on any atom is -0.469 e. The Balaban J connectivity index is 0.00000242. The first-order valence-electron chi connectivity index (χ1n) is 7.68. The lowest BCUT2D eigenvalue weighted by molar-refractivity contribution is -0.145. The molecule has 0 aromatic carbocycles. The van der Waals surface area contributed by atoms with Gasteiger partial charge in [-0.25, -0.2) is 0 Å². The van der Waals surface area contributed by atoms with E-state index in [1.165, 1.54) is 7.11 Å². The smallest absolute Gasteiger partial charge is 0.310 e. The maximum atomic E-state index is 11.8. The van der Waals surface area contributed by atoms with Gasteiger partial charge in [-0.15, -0.1) is 24.0 Å². The fraction of sp³-hybridized carbons (Fsp3) is 0.867. The molecule has 22 heavy (non-hydrogen) atoms. The number of guanidine groups is 1. The normalized spacial score (nSPS) is 26.9. The highest BCUT2D eigenvalue weighted by atomic mass is 127. The summed E-state index contributed by atoms with van der Waals surface area (Å²) in [5, 5.41) is 3.33. The monoisotopic (exact) mass is 425 g/mol. The number of carbonyl (C=O) groups excluding carboxylic acids is 1. The van der Waals surface area contributed by atoms with E-state index in [1.54, 1.807) is 0 Å². The first kappa shape index (κ1) is 19.5. The molecule has 0 saturated carbocycles. The third kappa shape index (κ3) is 4.47. The van der Waals surface area contributed by atoms with E-state index in [4.69, 9.17) is 14.5 Å². The van der Waals surface area contributed by atoms with Crippen molar-refractivity contribution in [3.63, 3.8) is 0 Å². The van der Waals surface area contributed by atoms with Crippen molar-refractivity contribution in [2.75, 3.05) is 46.5 Å². The maximum absolute atomic E-state index is 11.8. The van der Waals surface area contributed by atoms with Crippen LogP contribution in [-0.2, 0) is 14.3 Å². The molecule has 0 aliphatic carbocycles. The summed E-state index contributed by atoms with van der Waals surface area (Å²) in [7, 11) is 1.45. The van der Waals surface area contributed by atoms with Gasteiger partial charge >= 0.3 is 5.97 Å². The predicted molar refractivity (Wildman–Crippen MR) is 96.6 cm³/mol. The first-order chi connectivity index (χ1) is 9.99. The number of nitrogens with zero attached hydrogens (tertiary/aromatic N) is 2. The minimum absolute atomic E-state index is 0. The van der Waals surface area contributed by atoms with Gasteiger partial charge in [-0.1, -0.05) is 13.8 Å². The molecular weight excluding hydrogens is 397 g/mol. The zero-order chi connectivity index (χ0) is 15.5. The number of hydrogen-bond donors (Lipinski definition) is 1. The van der Waals surface area contributed by atoms with Gasteiger partial charge in [0.15, 0.2) is 5.96 Å². The Morgan fingerprint density at radius 1 is 1.45 bits per heavy atom. The molecule has 0 bridgehead atoms. The molecule has 7 heteroatoms. The summed E-state index contributed by atoms with van der Waals surface area (Å²) in [6, 6.07) is 0. The third-order valence-electron chi connectivity index (χ3n) is 4.26. The van der Waals surface area contributed by atoms with Crippen LogP contribution in [0.2, 0.25) is 0 Å². The highest BCUT2D eigenvalue weighted by Crippen LogP contribution is 2.28. The average molecular weight is 425 g/mol. The zero-order valence-corrected chi connectivity index (χ0v) is 16.3. The van der Waals surface area contributed by atoms with Crippen molar-refractivity contribution < 1.29 is 14.3 Å². The topological polar surface area (TPSA) is 63.2 Å². The molecule has 2 saturated heterocycles. The molecule has 0 amide bonds. The van der Waals surface area contributed by atoms with Gasteiger partial charge in [0.05, 0.1) is 32.8 Å². The molecule has 1 N–H and O–H groups in total. The fourth-order valence-electron chi connectivity index (χ4n) is 2.83. The van der Waals surface area contributed by atoms with Gasteiger partial charge in [0.2, 0.25) is 0 Å². The number of aliphatic imine (C=N–C) groups is 1. The van der Waals surface area contributed by atoms with Crippen LogP contribution in [0.15, 0.2) is 4.99 Å². The quantitative estimate of drug-likeness (QED) is 0.319. The van der Waals surface area contributed by atoms with Gasteiger partial charge in [-0.3, -0.25) is 9.79 Å². The van der Waals surface area contributed by atoms with E-state index in [0.29, 0.717) is 6.54 Å². The van der Waals surface area contributed by atoms with Crippen LogP contribution in [0.25, 0.3) is 0 Å². The van der Waals surface area contributed by atoms with Crippen molar-refractivity contribution in [2.24, 2.45) is 22.2 Å². The predicted octanol–water partition coefficient (Wildman–Crippen LogP) is 1.35. The largest absolute Gasteiger partial charge is 0.469 e. The van der Waals surface area contributed by atoms with Crippen LogP contribution in [0.1, 0.15) is 20.8 Å². The highest BCUT2D eigenvalue weighted by molar-refractivity contribution is 14.0. The molecule has 0 spiro atoms. The fourth-order valence-corrected chi connectivity index (χ4v) is 2.83. The molecule has 2 atom stereocenters. The molecule has 6 nitrogen and oxygen atoms in total. The minimum atomic E-state index is -0.125. The SMILES string of the molecule is CCNC(=NCC1(C)COC1)N1CC(C)C(C(=O)OC)C1.I. The van der Waals surface area contributed by atoms with E-state index in [9.17, 15) is 4.79 Å². The molecule has 2 fully saturated rings. The lowest BCUT2D eigenvalue weighted by Gasteiger charge is -2.37. The molecule has 128 valence electrons. The second-order valence-corrected chi connectivity index (χ2v) is 6.49. The number of likely N-dealkylation sites (tertiary alicyclic amines) is 1. The average Bonchev–Trinajstić information content (AvgIpc) is 2.82. The summed E-state index contributed by atoms with van der Waals surface area (Å²) in [6.45, 7) is 11.0. The van der Waals surface area contributed by atoms with Crippen molar-refractivity contribution in [3.8, 4) is 0 Å². The second-order valence-electron chi connectivity index (χ2n) is 6.49. The molecule has 0 radical (unpaired) electrons. The summed E-state index contributed by atoms with van der Waals surface area (Å²) in [5.74, 6) is 0.981. The molecule has 0 aromatic heterocycles. The maximum Gasteiger partial charge on any atom is 0.310 e. The first-order valence-corrected chi connectivity index (χ1v) is 7.68. The van der Waals surface area contributed by atoms with E-state index in [1.807, 2.05) is 0 Å². The Bertz CT molecular complexity index is 413. The van der Waals surface area contributed by atoms with Crippen molar-refractivity contribution in [2.45, 2.75) is 20.8 Å². The highest BCUT2D eigenvalue weighted by Gasteiger charge is 2.38. The molecule has 2 rings (SSSR count). The van der Waals surface area contributed by atoms with Crippen LogP contribution in [0.5, 0.6) is 0 Å². The molecule has 2 aliphatic rings. The number of halogens is 1. The van der Waals surface area contributed by atoms with Crippen molar-refractivity contribution in [3.05, 3.63) is 0 Å². The molecule has 2 unspecified atom stereocenters. The van der Waals surface area contributed by atoms with E-state index < -0.39 is 0 Å². The van der Waals surface area contributed by atoms with Crippen LogP contribution in [0, 0.1) is 17.3 Å². The van der Waals surface area contributed by atoms with Crippen molar-refractivity contribution in [1.29, 1.82) is 0 Å². The molecule has 2 aliphatic heterocycles. The van der Waals surface area contributed by atoms with Crippen molar-refractivity contribution >= 4 is 35.9 Å². The van der Waals surface area contributed by atoms with Gasteiger partial charge in [-0.05, 0) is 12.8 Å². The Labute approximate surface area is 150 Å². The van der Waals surface area contributed by atoms with E-state index in [0.717, 1.165) is 38.8 Å². The number of methoxy groups -OCH3 is 1. The Kier molecular flexibility index (Phi) is 7.37. The van der Waals surface area contributed by atoms with Gasteiger partial charge in [0.25, 0.3) is 0 Å². The third-order valence-corrected chi connectivity index (χ3v) is 4.26. The lowest BCUT2D eigenvalue weighted by Crippen LogP contribution is -2.45. The summed E-state index contributed by atoms with van der Waals surface area (Å²) >= 11 is 0. The number of rotatable bonds is 4. The van der Waals surface area contributed by atoms with Crippen LogP contribution >= 0.6 is 24.0 Å². The zero-order valence-electron chi connectivity index (χ0n) is 13.9. The van der Waals surface area contributed by atoms with Gasteiger partial charge < -0.3 is 19.7 Å². The van der Waals surface area contributed by atoms with E-state index in [2.05, 4.69) is 31.0 Å². The van der Waals surface area contributed by atoms with Gasteiger partial charge in [0.1, 0.15) is 0 Å². The molecule has 2 heterocycles. The van der Waals surface area contributed by atoms with Crippen LogP contribution in [0.3, 0.4) is 0 Å². The Morgan fingerprint density at radius 2 is 2.14 bits per heavy atom.